The summed E-state index contributed by atoms with van der Waals surface area (Å²) in [5.41, 5.74) is 0.639. The number of nitrogens with one attached hydrogen (secondary N) is 2. The van der Waals surface area contributed by atoms with Crippen LogP contribution in [0.15, 0.2) is 18.3 Å². The molecule has 2 nitrogen and oxygen atoms in total. The van der Waals surface area contributed by atoms with Crippen LogP contribution >= 0.6 is 34.8 Å². The Morgan fingerprint density at radius 3 is 2.47 bits per heavy atom. The molecule has 0 saturated heterocycles. The van der Waals surface area contributed by atoms with Crippen LogP contribution in [0.2, 0.25) is 15.1 Å². The van der Waals surface area contributed by atoms with E-state index in [9.17, 15) is 0 Å². The third-order valence-corrected chi connectivity index (χ3v) is 2.78. The summed E-state index contributed by atoms with van der Waals surface area (Å²) in [5.74, 6) is 0.334. The van der Waals surface area contributed by atoms with Gasteiger partial charge in [-0.25, -0.2) is 0 Å². The van der Waals surface area contributed by atoms with E-state index in [0.717, 1.165) is 0 Å². The van der Waals surface area contributed by atoms with Crippen LogP contribution in [0, 0.1) is 5.41 Å². The molecule has 5 heteroatoms. The van der Waals surface area contributed by atoms with Gasteiger partial charge in [-0.1, -0.05) is 34.8 Å². The number of halogens is 3. The lowest BCUT2D eigenvalue weighted by Crippen LogP contribution is -2.10. The molecular weight excluding hydrogens is 254 g/mol. The van der Waals surface area contributed by atoms with Crippen LogP contribution in [-0.2, 0) is 0 Å². The Bertz CT molecular complexity index is 413. The van der Waals surface area contributed by atoms with Crippen molar-refractivity contribution in [2.75, 3.05) is 0 Å². The van der Waals surface area contributed by atoms with E-state index < -0.39 is 0 Å². The zero-order valence-corrected chi connectivity index (χ0v) is 10.2. The summed E-state index contributed by atoms with van der Waals surface area (Å²) in [5, 5.41) is 11.2. The fourth-order valence-electron chi connectivity index (χ4n) is 0.946. The van der Waals surface area contributed by atoms with Crippen LogP contribution < -0.4 is 5.32 Å². The fourth-order valence-corrected chi connectivity index (χ4v) is 1.61. The van der Waals surface area contributed by atoms with Crippen molar-refractivity contribution >= 4 is 46.7 Å². The molecule has 80 valence electrons. The van der Waals surface area contributed by atoms with Gasteiger partial charge >= 0.3 is 0 Å². The minimum absolute atomic E-state index is 0.334. The van der Waals surface area contributed by atoms with E-state index in [2.05, 4.69) is 5.32 Å². The lowest BCUT2D eigenvalue weighted by atomic mass is 10.2. The first kappa shape index (κ1) is 12.4. The molecule has 0 fully saturated rings. The Balaban J connectivity index is 2.98. The zero-order chi connectivity index (χ0) is 11.4. The van der Waals surface area contributed by atoms with Gasteiger partial charge in [0.05, 0.1) is 15.9 Å². The van der Waals surface area contributed by atoms with E-state index in [-0.39, 0.29) is 0 Å². The van der Waals surface area contributed by atoms with Gasteiger partial charge in [0.1, 0.15) is 0 Å². The summed E-state index contributed by atoms with van der Waals surface area (Å²) in [7, 11) is 0. The van der Waals surface area contributed by atoms with E-state index in [1.54, 1.807) is 31.3 Å². The second-order valence-corrected chi connectivity index (χ2v) is 4.05. The van der Waals surface area contributed by atoms with Gasteiger partial charge in [0.25, 0.3) is 0 Å². The van der Waals surface area contributed by atoms with Crippen LogP contribution in [0.4, 0.5) is 0 Å². The molecule has 15 heavy (non-hydrogen) atoms. The van der Waals surface area contributed by atoms with Crippen LogP contribution in [0.3, 0.4) is 0 Å². The Morgan fingerprint density at radius 1 is 1.27 bits per heavy atom. The first-order chi connectivity index (χ1) is 7.02. The maximum Gasteiger partial charge on any atom is 0.0939 e. The van der Waals surface area contributed by atoms with Crippen LogP contribution in [0.25, 0.3) is 6.08 Å². The molecule has 0 aliphatic rings. The summed E-state index contributed by atoms with van der Waals surface area (Å²) in [4.78, 5) is 0. The summed E-state index contributed by atoms with van der Waals surface area (Å²) in [6, 6.07) is 3.31. The average Bonchev–Trinajstić information content (AvgIpc) is 2.17. The van der Waals surface area contributed by atoms with Crippen LogP contribution in [-0.4, -0.2) is 5.84 Å². The Kier molecular flexibility index (Phi) is 4.45. The molecule has 2 N–H and O–H groups in total. The molecule has 0 saturated carbocycles. The molecule has 1 aromatic rings. The maximum absolute atomic E-state index is 7.16. The lowest BCUT2D eigenvalue weighted by molar-refractivity contribution is 1.22. The van der Waals surface area contributed by atoms with Gasteiger partial charge in [0.15, 0.2) is 0 Å². The second-order valence-electron chi connectivity index (χ2n) is 2.86. The van der Waals surface area contributed by atoms with Crippen molar-refractivity contribution < 1.29 is 0 Å². The van der Waals surface area contributed by atoms with Gasteiger partial charge in [-0.05, 0) is 25.1 Å². The van der Waals surface area contributed by atoms with E-state index in [1.165, 1.54) is 0 Å². The Labute approximate surface area is 103 Å². The normalized spacial score (nSPS) is 10.7. The Morgan fingerprint density at radius 2 is 1.87 bits per heavy atom. The summed E-state index contributed by atoms with van der Waals surface area (Å²) in [6.07, 6.45) is 3.26. The molecule has 0 spiro atoms. The standard InChI is InChI=1S/C10H9Cl3N2/c1-6(14)15-5-4-7-8(11)2-3-9(12)10(7)13/h2-5H,1H3,(H2,14,15)/b5-4+. The highest BCUT2D eigenvalue weighted by Crippen LogP contribution is 2.32. The molecule has 0 unspecified atom stereocenters. The van der Waals surface area contributed by atoms with Gasteiger partial charge in [-0.15, -0.1) is 0 Å². The van der Waals surface area contributed by atoms with E-state index >= 15 is 0 Å². The molecule has 0 amide bonds. The topological polar surface area (TPSA) is 35.9 Å². The van der Waals surface area contributed by atoms with Gasteiger partial charge in [-0.3, -0.25) is 5.41 Å². The third-order valence-electron chi connectivity index (χ3n) is 1.63. The largest absolute Gasteiger partial charge is 0.351 e. The summed E-state index contributed by atoms with van der Waals surface area (Å²) >= 11 is 17.7. The molecule has 1 rings (SSSR count). The van der Waals surface area contributed by atoms with E-state index in [0.29, 0.717) is 26.5 Å². The van der Waals surface area contributed by atoms with Crippen molar-refractivity contribution in [3.63, 3.8) is 0 Å². The molecule has 0 atom stereocenters. The molecule has 0 aliphatic carbocycles. The molecule has 0 radical (unpaired) electrons. The second kappa shape index (κ2) is 5.40. The minimum Gasteiger partial charge on any atom is -0.351 e. The predicted molar refractivity (Wildman–Crippen MR) is 67.0 cm³/mol. The SMILES string of the molecule is CC(=N)N/C=C/c1c(Cl)ccc(Cl)c1Cl. The smallest absolute Gasteiger partial charge is 0.0939 e. The highest BCUT2D eigenvalue weighted by Gasteiger charge is 2.06. The van der Waals surface area contributed by atoms with Crippen molar-refractivity contribution in [2.24, 2.45) is 0 Å². The monoisotopic (exact) mass is 262 g/mol. The minimum atomic E-state index is 0.334. The average molecular weight is 264 g/mol. The molecular formula is C10H9Cl3N2. The van der Waals surface area contributed by atoms with E-state index in [4.69, 9.17) is 40.2 Å². The number of hydrogen-bond donors (Lipinski definition) is 2. The molecule has 0 heterocycles. The van der Waals surface area contributed by atoms with Gasteiger partial charge < -0.3 is 5.32 Å². The molecule has 0 aliphatic heterocycles. The highest BCUT2D eigenvalue weighted by molar-refractivity contribution is 6.44. The maximum atomic E-state index is 7.16. The first-order valence-corrected chi connectivity index (χ1v) is 5.27. The van der Waals surface area contributed by atoms with Crippen molar-refractivity contribution in [2.45, 2.75) is 6.92 Å². The van der Waals surface area contributed by atoms with Gasteiger partial charge in [0.2, 0.25) is 0 Å². The number of amidine groups is 1. The lowest BCUT2D eigenvalue weighted by Gasteiger charge is -2.03. The molecule has 0 bridgehead atoms. The fraction of sp³-hybridized carbons (Fsp3) is 0.100. The third kappa shape index (κ3) is 3.42. The van der Waals surface area contributed by atoms with Crippen LogP contribution in [0.5, 0.6) is 0 Å². The Hall–Kier alpha value is -0.700. The highest BCUT2D eigenvalue weighted by atomic mass is 35.5. The number of benzene rings is 1. The van der Waals surface area contributed by atoms with Crippen molar-refractivity contribution in [1.82, 2.24) is 5.32 Å². The van der Waals surface area contributed by atoms with Crippen molar-refractivity contribution in [3.05, 3.63) is 39.0 Å². The van der Waals surface area contributed by atoms with Crippen molar-refractivity contribution in [1.29, 1.82) is 5.41 Å². The summed E-state index contributed by atoms with van der Waals surface area (Å²) < 4.78 is 0. The zero-order valence-electron chi connectivity index (χ0n) is 7.94. The number of rotatable bonds is 2. The quantitative estimate of drug-likeness (QED) is 0.468. The van der Waals surface area contributed by atoms with Gasteiger partial charge in [-0.2, -0.15) is 0 Å². The predicted octanol–water partition coefficient (Wildman–Crippen LogP) is 4.20. The van der Waals surface area contributed by atoms with E-state index in [1.807, 2.05) is 0 Å². The molecule has 1 aromatic carbocycles. The number of hydrogen-bond acceptors (Lipinski definition) is 1. The first-order valence-electron chi connectivity index (χ1n) is 4.14. The van der Waals surface area contributed by atoms with Gasteiger partial charge in [0, 0.05) is 16.8 Å². The molecule has 0 aromatic heterocycles. The summed E-state index contributed by atoms with van der Waals surface area (Å²) in [6.45, 7) is 1.63. The van der Waals surface area contributed by atoms with Crippen molar-refractivity contribution in [3.8, 4) is 0 Å². The van der Waals surface area contributed by atoms with Crippen LogP contribution in [0.1, 0.15) is 12.5 Å².